The smallest absolute Gasteiger partial charge is 0.410 e. The first-order chi connectivity index (χ1) is 11.4. The Morgan fingerprint density at radius 1 is 1.38 bits per heavy atom. The zero-order valence-electron chi connectivity index (χ0n) is 13.9. The molecule has 7 heteroatoms. The van der Waals surface area contributed by atoms with Crippen LogP contribution in [0.4, 0.5) is 4.79 Å². The van der Waals surface area contributed by atoms with E-state index >= 15 is 0 Å². The lowest BCUT2D eigenvalue weighted by atomic mass is 10.1. The first kappa shape index (κ1) is 18.4. The Bertz CT molecular complexity index is 633. The molecule has 1 heterocycles. The summed E-state index contributed by atoms with van der Waals surface area (Å²) in [4.78, 5) is 30.4. The summed E-state index contributed by atoms with van der Waals surface area (Å²) in [7, 11) is 1.73. The summed E-state index contributed by atoms with van der Waals surface area (Å²) in [6.45, 7) is 1.45. The summed E-state index contributed by atoms with van der Waals surface area (Å²) < 4.78 is 6.07. The Morgan fingerprint density at radius 3 is 2.58 bits per heavy atom. The van der Waals surface area contributed by atoms with Gasteiger partial charge >= 0.3 is 6.09 Å². The highest BCUT2D eigenvalue weighted by Crippen LogP contribution is 2.23. The van der Waals surface area contributed by atoms with Crippen molar-refractivity contribution in [3.05, 3.63) is 39.8 Å². The molecule has 0 unspecified atom stereocenters. The van der Waals surface area contributed by atoms with Crippen molar-refractivity contribution in [3.8, 4) is 0 Å². The molecule has 2 N–H and O–H groups in total. The normalized spacial score (nSPS) is 15.8. The van der Waals surface area contributed by atoms with Crippen molar-refractivity contribution in [1.29, 1.82) is 0 Å². The molecule has 0 bridgehead atoms. The van der Waals surface area contributed by atoms with Crippen LogP contribution in [0.15, 0.2) is 34.1 Å². The van der Waals surface area contributed by atoms with Crippen molar-refractivity contribution in [2.45, 2.75) is 38.6 Å². The van der Waals surface area contributed by atoms with E-state index in [0.717, 1.165) is 30.2 Å². The van der Waals surface area contributed by atoms with Gasteiger partial charge in [-0.1, -0.05) is 12.8 Å². The summed E-state index contributed by atoms with van der Waals surface area (Å²) >= 11 is 3.27. The molecule has 0 atom stereocenters. The molecule has 6 nitrogen and oxygen atoms in total. The molecule has 0 aromatic carbocycles. The first-order valence-corrected chi connectivity index (χ1v) is 8.70. The predicted octanol–water partition coefficient (Wildman–Crippen LogP) is 3.27. The first-order valence-electron chi connectivity index (χ1n) is 7.91. The van der Waals surface area contributed by atoms with E-state index in [9.17, 15) is 9.59 Å². The van der Waals surface area contributed by atoms with Crippen LogP contribution >= 0.6 is 15.9 Å². The molecule has 130 valence electrons. The summed E-state index contributed by atoms with van der Waals surface area (Å²) in [6.07, 6.45) is 5.35. The molecule has 1 aromatic rings. The number of ketones is 1. The minimum Gasteiger partial charge on any atom is -0.444 e. The van der Waals surface area contributed by atoms with Crippen LogP contribution in [0.25, 0.3) is 0 Å². The lowest BCUT2D eigenvalue weighted by molar-refractivity contribution is 0.0940. The molecule has 0 saturated heterocycles. The van der Waals surface area contributed by atoms with Crippen molar-refractivity contribution in [2.75, 3.05) is 13.7 Å². The molecular weight excluding hydrogens is 374 g/mol. The van der Waals surface area contributed by atoms with Crippen LogP contribution in [0, 0.1) is 0 Å². The number of aromatic nitrogens is 1. The molecule has 1 saturated carbocycles. The summed E-state index contributed by atoms with van der Waals surface area (Å²) in [5, 5.41) is 0. The second-order valence-electron chi connectivity index (χ2n) is 5.96. The number of amides is 1. The van der Waals surface area contributed by atoms with Gasteiger partial charge in [-0.25, -0.2) is 4.79 Å². The lowest BCUT2D eigenvalue weighted by Crippen LogP contribution is -2.36. The van der Waals surface area contributed by atoms with Crippen LogP contribution < -0.4 is 5.73 Å². The van der Waals surface area contributed by atoms with Gasteiger partial charge in [-0.15, -0.1) is 0 Å². The van der Waals surface area contributed by atoms with E-state index in [1.165, 1.54) is 6.20 Å². The predicted molar refractivity (Wildman–Crippen MR) is 94.5 cm³/mol. The topological polar surface area (TPSA) is 85.5 Å². The fraction of sp³-hybridized carbons (Fsp3) is 0.471. The van der Waals surface area contributed by atoms with E-state index in [1.807, 2.05) is 0 Å². The molecule has 1 fully saturated rings. The highest BCUT2D eigenvalue weighted by atomic mass is 79.9. The maximum Gasteiger partial charge on any atom is 0.410 e. The number of allylic oxidation sites excluding steroid dienone is 1. The van der Waals surface area contributed by atoms with Gasteiger partial charge in [0.25, 0.3) is 0 Å². The number of carbonyl (C=O) groups excluding carboxylic acids is 2. The minimum absolute atomic E-state index is 0.158. The largest absolute Gasteiger partial charge is 0.444 e. The summed E-state index contributed by atoms with van der Waals surface area (Å²) in [6, 6.07) is 3.54. The van der Waals surface area contributed by atoms with E-state index < -0.39 is 6.09 Å². The second kappa shape index (κ2) is 8.28. The highest BCUT2D eigenvalue weighted by molar-refractivity contribution is 9.10. The number of hydrogen-bond acceptors (Lipinski definition) is 5. The molecule has 2 rings (SSSR count). The average Bonchev–Trinajstić information content (AvgIpc) is 3.08. The van der Waals surface area contributed by atoms with Crippen molar-refractivity contribution in [1.82, 2.24) is 9.88 Å². The molecule has 1 amide bonds. The Balaban J connectivity index is 2.01. The second-order valence-corrected chi connectivity index (χ2v) is 6.87. The monoisotopic (exact) mass is 395 g/mol. The molecule has 1 aromatic heterocycles. The van der Waals surface area contributed by atoms with E-state index in [2.05, 4.69) is 20.9 Å². The van der Waals surface area contributed by atoms with Crippen molar-refractivity contribution in [3.63, 3.8) is 0 Å². The Hall–Kier alpha value is -1.89. The van der Waals surface area contributed by atoms with Gasteiger partial charge in [0.2, 0.25) is 5.78 Å². The molecule has 0 spiro atoms. The molecule has 0 aliphatic heterocycles. The van der Waals surface area contributed by atoms with Gasteiger partial charge in [0.15, 0.2) is 0 Å². The van der Waals surface area contributed by atoms with Crippen molar-refractivity contribution in [2.24, 2.45) is 5.73 Å². The van der Waals surface area contributed by atoms with Crippen LogP contribution in [0.2, 0.25) is 0 Å². The van der Waals surface area contributed by atoms with Crippen molar-refractivity contribution >= 4 is 27.8 Å². The van der Waals surface area contributed by atoms with Crippen LogP contribution in [0.5, 0.6) is 0 Å². The van der Waals surface area contributed by atoms with Gasteiger partial charge in [-0.2, -0.15) is 0 Å². The molecule has 24 heavy (non-hydrogen) atoms. The third kappa shape index (κ3) is 4.56. The quantitative estimate of drug-likeness (QED) is 0.610. The fourth-order valence-electron chi connectivity index (χ4n) is 2.70. The Labute approximate surface area is 150 Å². The zero-order chi connectivity index (χ0) is 17.7. The van der Waals surface area contributed by atoms with E-state index in [1.54, 1.807) is 31.0 Å². The van der Waals surface area contributed by atoms with Crippen LogP contribution in [-0.4, -0.2) is 41.5 Å². The highest BCUT2D eigenvalue weighted by Gasteiger charge is 2.25. The number of Topliss-reactive ketones (excluding diaryl/α,β-unsaturated/α-hetero) is 1. The van der Waals surface area contributed by atoms with Crippen LogP contribution in [-0.2, 0) is 4.74 Å². The number of rotatable bonds is 5. The maximum atomic E-state index is 12.5. The Morgan fingerprint density at radius 2 is 2.04 bits per heavy atom. The number of hydrogen-bond donors (Lipinski definition) is 1. The van der Waals surface area contributed by atoms with Gasteiger partial charge in [0.1, 0.15) is 12.3 Å². The lowest BCUT2D eigenvalue weighted by Gasteiger charge is -2.23. The fourth-order valence-corrected chi connectivity index (χ4v) is 2.93. The van der Waals surface area contributed by atoms with Gasteiger partial charge in [0.05, 0.1) is 5.57 Å². The molecule has 1 aliphatic rings. The van der Waals surface area contributed by atoms with Gasteiger partial charge in [-0.3, -0.25) is 9.78 Å². The Kier molecular flexibility index (Phi) is 6.36. The minimum atomic E-state index is -0.433. The molecular formula is C17H22BrN3O3. The summed E-state index contributed by atoms with van der Waals surface area (Å²) in [5.41, 5.74) is 6.64. The van der Waals surface area contributed by atoms with Crippen LogP contribution in [0.3, 0.4) is 0 Å². The van der Waals surface area contributed by atoms with Gasteiger partial charge < -0.3 is 15.4 Å². The summed E-state index contributed by atoms with van der Waals surface area (Å²) in [5.74, 6) is -0.334. The van der Waals surface area contributed by atoms with Crippen LogP contribution in [0.1, 0.15) is 43.1 Å². The number of halogens is 1. The standard InChI is InChI=1S/C17H22BrN3O3/c1-11(19)14(16(22)15-8-7-12(18)9-20-15)10-24-17(23)21(2)13-5-3-4-6-13/h7-9,13H,3-6,10,19H2,1-2H3. The number of pyridine rings is 1. The molecule has 0 radical (unpaired) electrons. The number of nitrogens with zero attached hydrogens (tertiary/aromatic N) is 2. The number of nitrogens with two attached hydrogens (primary N) is 1. The average molecular weight is 396 g/mol. The van der Waals surface area contributed by atoms with E-state index in [0.29, 0.717) is 5.70 Å². The van der Waals surface area contributed by atoms with E-state index in [4.69, 9.17) is 10.5 Å². The van der Waals surface area contributed by atoms with E-state index in [-0.39, 0.29) is 29.7 Å². The number of carbonyl (C=O) groups is 2. The zero-order valence-corrected chi connectivity index (χ0v) is 15.5. The van der Waals surface area contributed by atoms with Gasteiger partial charge in [0, 0.05) is 29.5 Å². The number of ether oxygens (including phenoxy) is 1. The van der Waals surface area contributed by atoms with Crippen molar-refractivity contribution < 1.29 is 14.3 Å². The molecule has 1 aliphatic carbocycles. The SMILES string of the molecule is CC(N)=C(COC(=O)N(C)C1CCCC1)C(=O)c1ccc(Br)cn1. The maximum absolute atomic E-state index is 12.5. The third-order valence-electron chi connectivity index (χ3n) is 4.21. The third-order valence-corrected chi connectivity index (χ3v) is 4.68. The van der Waals surface area contributed by atoms with Gasteiger partial charge in [-0.05, 0) is 47.8 Å².